The van der Waals surface area contributed by atoms with Gasteiger partial charge in [0.15, 0.2) is 0 Å². The van der Waals surface area contributed by atoms with Crippen molar-refractivity contribution in [2.45, 2.75) is 41.5 Å². The molecule has 0 spiro atoms. The predicted octanol–water partition coefficient (Wildman–Crippen LogP) is 10.0. The van der Waals surface area contributed by atoms with Gasteiger partial charge in [0.05, 0.1) is 12.1 Å². The molecule has 0 saturated carbocycles. The molecular weight excluding hydrogens is 493 g/mol. The molecule has 2 nitrogen and oxygen atoms in total. The highest BCUT2D eigenvalue weighted by Gasteiger charge is 2.12. The molecule has 0 radical (unpaired) electrons. The van der Waals surface area contributed by atoms with Gasteiger partial charge < -0.3 is 0 Å². The Kier molecular flexibility index (Phi) is 8.83. The molecule has 0 aliphatic rings. The molecule has 0 aliphatic carbocycles. The Labute approximate surface area is 218 Å². The van der Waals surface area contributed by atoms with Gasteiger partial charge in [0.2, 0.25) is 0 Å². The first kappa shape index (κ1) is 25.9. The van der Waals surface area contributed by atoms with Crippen molar-refractivity contribution in [2.75, 3.05) is 0 Å². The number of nitriles is 2. The van der Waals surface area contributed by atoms with Gasteiger partial charge in [0.1, 0.15) is 0 Å². The van der Waals surface area contributed by atoms with Crippen LogP contribution in [-0.2, 0) is 0 Å². The van der Waals surface area contributed by atoms with Crippen LogP contribution in [0.25, 0.3) is 31.7 Å². The molecule has 4 aromatic heterocycles. The molecule has 34 heavy (non-hydrogen) atoms. The van der Waals surface area contributed by atoms with E-state index in [1.165, 1.54) is 40.4 Å². The average Bonchev–Trinajstić information content (AvgIpc) is 3.57. The standard InChI is InChI=1S/C15H15NS2.C13H11NS2/c1-9(8-16)5-13-7-11(3)15(18-13)14-10(2)6-12(4)17-14;1-9(8-14)7-11-4-6-13(16-11)12-5-3-10(2)15-12/h5-7H,1-4H3;3-7H,1-2H3. The summed E-state index contributed by atoms with van der Waals surface area (Å²) in [5.41, 5.74) is 4.13. The zero-order valence-corrected chi connectivity index (χ0v) is 23.4. The highest BCUT2D eigenvalue weighted by atomic mass is 32.1. The Morgan fingerprint density at radius 2 is 1.21 bits per heavy atom. The van der Waals surface area contributed by atoms with Crippen molar-refractivity contribution in [1.29, 1.82) is 10.5 Å². The first-order valence-electron chi connectivity index (χ1n) is 10.7. The molecule has 4 rings (SSSR count). The van der Waals surface area contributed by atoms with Gasteiger partial charge in [-0.25, -0.2) is 0 Å². The van der Waals surface area contributed by atoms with E-state index in [-0.39, 0.29) is 0 Å². The van der Waals surface area contributed by atoms with Gasteiger partial charge in [0, 0.05) is 50.2 Å². The summed E-state index contributed by atoms with van der Waals surface area (Å²) >= 11 is 7.14. The van der Waals surface area contributed by atoms with Crippen molar-refractivity contribution < 1.29 is 0 Å². The number of hydrogen-bond donors (Lipinski definition) is 0. The zero-order valence-electron chi connectivity index (χ0n) is 20.1. The summed E-state index contributed by atoms with van der Waals surface area (Å²) in [7, 11) is 0. The summed E-state index contributed by atoms with van der Waals surface area (Å²) in [5.74, 6) is 0. The van der Waals surface area contributed by atoms with Crippen molar-refractivity contribution in [3.05, 3.63) is 78.2 Å². The van der Waals surface area contributed by atoms with E-state index in [4.69, 9.17) is 10.5 Å². The maximum atomic E-state index is 8.83. The molecule has 0 amide bonds. The van der Waals surface area contributed by atoms with Crippen LogP contribution in [0.3, 0.4) is 0 Å². The SMILES string of the molecule is CC(C#N)=Cc1cc(C)c(-c2sc(C)cc2C)s1.CC(C#N)=Cc1ccc(-c2ccc(C)s2)s1. The highest BCUT2D eigenvalue weighted by Crippen LogP contribution is 2.40. The van der Waals surface area contributed by atoms with Crippen LogP contribution in [0.15, 0.2) is 47.5 Å². The minimum Gasteiger partial charge on any atom is -0.193 e. The van der Waals surface area contributed by atoms with Gasteiger partial charge >= 0.3 is 0 Å². The molecule has 0 N–H and O–H groups in total. The second-order valence-corrected chi connectivity index (χ2v) is 12.8. The first-order valence-corrected chi connectivity index (χ1v) is 14.0. The smallest absolute Gasteiger partial charge is 0.0944 e. The van der Waals surface area contributed by atoms with Gasteiger partial charge in [-0.15, -0.1) is 45.3 Å². The number of thiophene rings is 4. The van der Waals surface area contributed by atoms with Crippen molar-refractivity contribution in [3.63, 3.8) is 0 Å². The number of allylic oxidation sites excluding steroid dienone is 2. The number of hydrogen-bond acceptors (Lipinski definition) is 6. The van der Waals surface area contributed by atoms with Crippen molar-refractivity contribution in [2.24, 2.45) is 0 Å². The van der Waals surface area contributed by atoms with Crippen LogP contribution in [0.2, 0.25) is 0 Å². The van der Waals surface area contributed by atoms with Gasteiger partial charge in [-0.3, -0.25) is 0 Å². The predicted molar refractivity (Wildman–Crippen MR) is 153 cm³/mol. The fourth-order valence-electron chi connectivity index (χ4n) is 3.29. The maximum absolute atomic E-state index is 8.83. The van der Waals surface area contributed by atoms with E-state index < -0.39 is 0 Å². The van der Waals surface area contributed by atoms with Gasteiger partial charge in [0.25, 0.3) is 0 Å². The molecule has 0 unspecified atom stereocenters. The van der Waals surface area contributed by atoms with E-state index in [2.05, 4.69) is 76.2 Å². The molecule has 6 heteroatoms. The monoisotopic (exact) mass is 518 g/mol. The van der Waals surface area contributed by atoms with Crippen molar-refractivity contribution in [1.82, 2.24) is 0 Å². The Hall–Kier alpha value is -2.74. The Bertz CT molecular complexity index is 1440. The molecule has 172 valence electrons. The summed E-state index contributed by atoms with van der Waals surface area (Å²) in [5, 5.41) is 17.5. The summed E-state index contributed by atoms with van der Waals surface area (Å²) in [6, 6.07) is 17.2. The lowest BCUT2D eigenvalue weighted by molar-refractivity contribution is 1.46. The third kappa shape index (κ3) is 6.65. The quantitative estimate of drug-likeness (QED) is 0.252. The largest absolute Gasteiger partial charge is 0.193 e. The third-order valence-corrected chi connectivity index (χ3v) is 9.59. The second kappa shape index (κ2) is 11.6. The van der Waals surface area contributed by atoms with Crippen LogP contribution in [0.5, 0.6) is 0 Å². The maximum Gasteiger partial charge on any atom is 0.0944 e. The van der Waals surface area contributed by atoms with E-state index in [0.29, 0.717) is 0 Å². The molecular formula is C28H26N2S4. The van der Waals surface area contributed by atoms with Crippen LogP contribution in [0.1, 0.15) is 44.5 Å². The van der Waals surface area contributed by atoms with Crippen LogP contribution < -0.4 is 0 Å². The van der Waals surface area contributed by atoms with Gasteiger partial charge in [-0.1, -0.05) is 0 Å². The summed E-state index contributed by atoms with van der Waals surface area (Å²) in [6.07, 6.45) is 3.88. The third-order valence-electron chi connectivity index (χ3n) is 4.86. The molecule has 4 heterocycles. The Morgan fingerprint density at radius 3 is 1.76 bits per heavy atom. The lowest BCUT2D eigenvalue weighted by atomic mass is 10.2. The number of nitrogens with zero attached hydrogens (tertiary/aromatic N) is 2. The van der Waals surface area contributed by atoms with Crippen molar-refractivity contribution >= 4 is 57.5 Å². The van der Waals surface area contributed by atoms with E-state index in [1.54, 1.807) is 34.0 Å². The molecule has 0 bridgehead atoms. The molecule has 0 saturated heterocycles. The molecule has 0 aromatic carbocycles. The molecule has 4 aromatic rings. The fraction of sp³-hybridized carbons (Fsp3) is 0.214. The second-order valence-electron chi connectivity index (χ2n) is 8.02. The van der Waals surface area contributed by atoms with Crippen LogP contribution in [0, 0.1) is 50.4 Å². The highest BCUT2D eigenvalue weighted by molar-refractivity contribution is 7.23. The Balaban J connectivity index is 0.000000192. The molecule has 0 atom stereocenters. The molecule has 0 fully saturated rings. The Morgan fingerprint density at radius 1 is 0.647 bits per heavy atom. The number of aryl methyl sites for hydroxylation is 4. The van der Waals surface area contributed by atoms with Crippen LogP contribution in [-0.4, -0.2) is 0 Å². The zero-order chi connectivity index (χ0) is 24.8. The van der Waals surface area contributed by atoms with E-state index in [0.717, 1.165) is 20.9 Å². The summed E-state index contributed by atoms with van der Waals surface area (Å²) in [4.78, 5) is 10.3. The molecule has 0 aliphatic heterocycles. The number of rotatable bonds is 4. The fourth-order valence-corrected chi connectivity index (χ4v) is 7.72. The minimum atomic E-state index is 0.746. The van der Waals surface area contributed by atoms with Crippen molar-refractivity contribution in [3.8, 4) is 31.6 Å². The minimum absolute atomic E-state index is 0.746. The van der Waals surface area contributed by atoms with Crippen LogP contribution in [0.4, 0.5) is 0 Å². The lowest BCUT2D eigenvalue weighted by Gasteiger charge is -1.96. The summed E-state index contributed by atoms with van der Waals surface area (Å²) < 4.78 is 0. The van der Waals surface area contributed by atoms with Gasteiger partial charge in [-0.05, 0) is 101 Å². The van der Waals surface area contributed by atoms with Gasteiger partial charge in [-0.2, -0.15) is 10.5 Å². The first-order chi connectivity index (χ1) is 16.2. The average molecular weight is 519 g/mol. The normalized spacial score (nSPS) is 11.5. The lowest BCUT2D eigenvalue weighted by Crippen LogP contribution is -1.72. The van der Waals surface area contributed by atoms with Crippen LogP contribution >= 0.6 is 45.3 Å². The summed E-state index contributed by atoms with van der Waals surface area (Å²) in [6.45, 7) is 12.2. The van der Waals surface area contributed by atoms with E-state index in [1.807, 2.05) is 37.3 Å². The topological polar surface area (TPSA) is 47.6 Å². The van der Waals surface area contributed by atoms with E-state index in [9.17, 15) is 0 Å². The van der Waals surface area contributed by atoms with E-state index >= 15 is 0 Å².